The quantitative estimate of drug-likeness (QED) is 0.478. The molecule has 0 atom stereocenters. The van der Waals surface area contributed by atoms with E-state index in [0.29, 0.717) is 6.54 Å². The van der Waals surface area contributed by atoms with E-state index in [1.807, 2.05) is 32.0 Å². The molecular formula is C26H29NO. The van der Waals surface area contributed by atoms with Crippen LogP contribution in [0.4, 0.5) is 0 Å². The molecule has 0 saturated heterocycles. The molecule has 0 aromatic heterocycles. The van der Waals surface area contributed by atoms with Crippen molar-refractivity contribution in [1.29, 1.82) is 0 Å². The van der Waals surface area contributed by atoms with Gasteiger partial charge >= 0.3 is 0 Å². The Balaban J connectivity index is 2.05. The molecule has 0 aliphatic heterocycles. The second-order valence-electron chi connectivity index (χ2n) is 7.52. The summed E-state index contributed by atoms with van der Waals surface area (Å²) < 4.78 is 0. The minimum absolute atomic E-state index is 0.0462. The van der Waals surface area contributed by atoms with Crippen molar-refractivity contribution in [2.75, 3.05) is 6.54 Å². The third-order valence-electron chi connectivity index (χ3n) is 5.26. The molecule has 0 radical (unpaired) electrons. The Morgan fingerprint density at radius 1 is 0.786 bits per heavy atom. The summed E-state index contributed by atoms with van der Waals surface area (Å²) in [5.41, 5.74) is 3.26. The van der Waals surface area contributed by atoms with E-state index in [9.17, 15) is 5.21 Å². The lowest BCUT2D eigenvalue weighted by molar-refractivity contribution is -0.127. The SMILES string of the molecule is CC(C)N(O)CC(C/C=C/c1ccccc1)(c1ccccc1)c1ccccc1. The van der Waals surface area contributed by atoms with E-state index in [2.05, 4.69) is 84.9 Å². The van der Waals surface area contributed by atoms with Gasteiger partial charge in [0.1, 0.15) is 0 Å². The van der Waals surface area contributed by atoms with Crippen LogP contribution in [0.15, 0.2) is 97.1 Å². The van der Waals surface area contributed by atoms with Crippen molar-refractivity contribution >= 4 is 6.08 Å². The minimum Gasteiger partial charge on any atom is -0.314 e. The normalized spacial score (nSPS) is 12.2. The molecule has 0 fully saturated rings. The zero-order valence-corrected chi connectivity index (χ0v) is 16.7. The van der Waals surface area contributed by atoms with Gasteiger partial charge in [0.2, 0.25) is 0 Å². The Labute approximate surface area is 168 Å². The maximum absolute atomic E-state index is 10.7. The Morgan fingerprint density at radius 2 is 1.25 bits per heavy atom. The van der Waals surface area contributed by atoms with Crippen molar-refractivity contribution in [2.24, 2.45) is 0 Å². The summed E-state index contributed by atoms with van der Waals surface area (Å²) in [5.74, 6) is 0. The molecule has 1 N–H and O–H groups in total. The monoisotopic (exact) mass is 371 g/mol. The second-order valence-corrected chi connectivity index (χ2v) is 7.52. The summed E-state index contributed by atoms with van der Waals surface area (Å²) in [4.78, 5) is 0. The van der Waals surface area contributed by atoms with Crippen LogP contribution in [0.1, 0.15) is 37.0 Å². The smallest absolute Gasteiger partial charge is 0.0387 e. The molecule has 3 aromatic carbocycles. The first kappa shape index (κ1) is 20.1. The molecule has 3 rings (SSSR count). The van der Waals surface area contributed by atoms with Gasteiger partial charge in [-0.1, -0.05) is 103 Å². The number of allylic oxidation sites excluding steroid dienone is 1. The number of rotatable bonds is 8. The highest BCUT2D eigenvalue weighted by Gasteiger charge is 2.35. The molecule has 3 aromatic rings. The highest BCUT2D eigenvalue weighted by molar-refractivity contribution is 5.50. The predicted octanol–water partition coefficient (Wildman–Crippen LogP) is 6.18. The van der Waals surface area contributed by atoms with Crippen LogP contribution in [0.2, 0.25) is 0 Å². The third-order valence-corrected chi connectivity index (χ3v) is 5.26. The molecule has 0 bridgehead atoms. The van der Waals surface area contributed by atoms with Gasteiger partial charge in [-0.3, -0.25) is 0 Å². The lowest BCUT2D eigenvalue weighted by atomic mass is 9.71. The van der Waals surface area contributed by atoms with Crippen LogP contribution in [-0.4, -0.2) is 22.9 Å². The van der Waals surface area contributed by atoms with Crippen LogP contribution in [0.5, 0.6) is 0 Å². The molecule has 0 saturated carbocycles. The topological polar surface area (TPSA) is 23.5 Å². The number of hydrogen-bond acceptors (Lipinski definition) is 2. The standard InChI is InChI=1S/C26H29NO/c1-22(2)27(28)21-26(24-16-8-4-9-17-24,25-18-10-5-11-19-25)20-12-15-23-13-6-3-7-14-23/h3-19,22,28H,20-21H2,1-2H3/b15-12+. The first-order chi connectivity index (χ1) is 13.6. The van der Waals surface area contributed by atoms with Crippen LogP contribution in [0.25, 0.3) is 6.08 Å². The van der Waals surface area contributed by atoms with E-state index < -0.39 is 0 Å². The molecule has 2 nitrogen and oxygen atoms in total. The van der Waals surface area contributed by atoms with Gasteiger partial charge in [0.25, 0.3) is 0 Å². The zero-order chi connectivity index (χ0) is 19.8. The highest BCUT2D eigenvalue weighted by Crippen LogP contribution is 2.37. The Hall–Kier alpha value is -2.68. The fourth-order valence-electron chi connectivity index (χ4n) is 3.58. The zero-order valence-electron chi connectivity index (χ0n) is 16.7. The maximum atomic E-state index is 10.7. The highest BCUT2D eigenvalue weighted by atomic mass is 16.5. The van der Waals surface area contributed by atoms with Crippen molar-refractivity contribution in [3.05, 3.63) is 114 Å². The summed E-state index contributed by atoms with van der Waals surface area (Å²) in [6.45, 7) is 4.55. The minimum atomic E-state index is -0.340. The molecule has 28 heavy (non-hydrogen) atoms. The number of hydroxylamine groups is 2. The van der Waals surface area contributed by atoms with Gasteiger partial charge in [0, 0.05) is 18.0 Å². The summed E-state index contributed by atoms with van der Waals surface area (Å²) >= 11 is 0. The molecule has 144 valence electrons. The summed E-state index contributed by atoms with van der Waals surface area (Å²) in [6.07, 6.45) is 5.18. The maximum Gasteiger partial charge on any atom is 0.0387 e. The average molecular weight is 372 g/mol. The third kappa shape index (κ3) is 4.78. The molecule has 2 heteroatoms. The van der Waals surface area contributed by atoms with E-state index >= 15 is 0 Å². The Kier molecular flexibility index (Phi) is 6.80. The van der Waals surface area contributed by atoms with Gasteiger partial charge in [-0.05, 0) is 37.0 Å². The first-order valence-electron chi connectivity index (χ1n) is 9.90. The lowest BCUT2D eigenvalue weighted by Crippen LogP contribution is -2.43. The molecule has 0 spiro atoms. The number of benzene rings is 3. The van der Waals surface area contributed by atoms with Crippen molar-refractivity contribution in [3.63, 3.8) is 0 Å². The van der Waals surface area contributed by atoms with Crippen LogP contribution in [0.3, 0.4) is 0 Å². The average Bonchev–Trinajstić information content (AvgIpc) is 2.75. The molecule has 0 aliphatic carbocycles. The van der Waals surface area contributed by atoms with E-state index in [1.54, 1.807) is 0 Å². The largest absolute Gasteiger partial charge is 0.314 e. The lowest BCUT2D eigenvalue weighted by Gasteiger charge is -2.38. The number of hydrogen-bond donors (Lipinski definition) is 1. The van der Waals surface area contributed by atoms with Crippen molar-refractivity contribution in [1.82, 2.24) is 5.06 Å². The summed E-state index contributed by atoms with van der Waals surface area (Å²) in [7, 11) is 0. The predicted molar refractivity (Wildman–Crippen MR) is 117 cm³/mol. The van der Waals surface area contributed by atoms with Crippen molar-refractivity contribution in [2.45, 2.75) is 31.7 Å². The van der Waals surface area contributed by atoms with Crippen molar-refractivity contribution in [3.8, 4) is 0 Å². The van der Waals surface area contributed by atoms with Crippen molar-refractivity contribution < 1.29 is 5.21 Å². The molecule has 0 aliphatic rings. The molecule has 0 amide bonds. The fourth-order valence-corrected chi connectivity index (χ4v) is 3.58. The summed E-state index contributed by atoms with van der Waals surface area (Å²) in [6, 6.07) is 31.4. The second kappa shape index (κ2) is 9.50. The van der Waals surface area contributed by atoms with E-state index in [-0.39, 0.29) is 11.5 Å². The molecular weight excluding hydrogens is 342 g/mol. The van der Waals surface area contributed by atoms with Crippen LogP contribution in [-0.2, 0) is 5.41 Å². The first-order valence-corrected chi connectivity index (χ1v) is 9.90. The Morgan fingerprint density at radius 3 is 1.71 bits per heavy atom. The van der Waals surface area contributed by atoms with Gasteiger partial charge in [0.05, 0.1) is 0 Å². The van der Waals surface area contributed by atoms with Crippen LogP contribution < -0.4 is 0 Å². The van der Waals surface area contributed by atoms with Crippen LogP contribution in [0, 0.1) is 0 Å². The van der Waals surface area contributed by atoms with Gasteiger partial charge in [-0.2, -0.15) is 5.06 Å². The fraction of sp³-hybridized carbons (Fsp3) is 0.231. The van der Waals surface area contributed by atoms with Gasteiger partial charge in [-0.25, -0.2) is 0 Å². The van der Waals surface area contributed by atoms with E-state index in [1.165, 1.54) is 21.8 Å². The summed E-state index contributed by atoms with van der Waals surface area (Å²) in [5, 5.41) is 12.2. The molecule has 0 heterocycles. The van der Waals surface area contributed by atoms with Crippen LogP contribution >= 0.6 is 0 Å². The molecule has 0 unspecified atom stereocenters. The van der Waals surface area contributed by atoms with E-state index in [0.717, 1.165) is 6.42 Å². The van der Waals surface area contributed by atoms with Gasteiger partial charge in [-0.15, -0.1) is 0 Å². The Bertz CT molecular complexity index is 817. The van der Waals surface area contributed by atoms with Gasteiger partial charge < -0.3 is 5.21 Å². The van der Waals surface area contributed by atoms with E-state index in [4.69, 9.17) is 0 Å². The number of nitrogens with zero attached hydrogens (tertiary/aromatic N) is 1. The van der Waals surface area contributed by atoms with Gasteiger partial charge in [0.15, 0.2) is 0 Å².